The van der Waals surface area contributed by atoms with Gasteiger partial charge in [-0.15, -0.1) is 0 Å². The molecule has 2 atom stereocenters. The van der Waals surface area contributed by atoms with E-state index >= 15 is 0 Å². The van der Waals surface area contributed by atoms with Crippen LogP contribution in [0.4, 0.5) is 0 Å². The first-order valence-corrected chi connectivity index (χ1v) is 6.85. The third-order valence-corrected chi connectivity index (χ3v) is 3.94. The summed E-state index contributed by atoms with van der Waals surface area (Å²) in [5.41, 5.74) is -0.229. The summed E-state index contributed by atoms with van der Waals surface area (Å²) in [5, 5.41) is 15.0. The highest BCUT2D eigenvalue weighted by Gasteiger charge is 2.33. The van der Waals surface area contributed by atoms with Gasteiger partial charge in [-0.1, -0.05) is 6.42 Å². The molecule has 0 bridgehead atoms. The van der Waals surface area contributed by atoms with Gasteiger partial charge in [-0.2, -0.15) is 0 Å². The lowest BCUT2D eigenvalue weighted by Crippen LogP contribution is -2.59. The van der Waals surface area contributed by atoms with Gasteiger partial charge in [-0.25, -0.2) is 0 Å². The molecule has 6 heteroatoms. The summed E-state index contributed by atoms with van der Waals surface area (Å²) in [7, 11) is 0. The Balaban J connectivity index is 1.71. The Morgan fingerprint density at radius 1 is 1.42 bits per heavy atom. The highest BCUT2D eigenvalue weighted by Crippen LogP contribution is 2.24. The number of aliphatic carboxylic acids is 1. The third-order valence-electron chi connectivity index (χ3n) is 3.94. The van der Waals surface area contributed by atoms with Gasteiger partial charge in [0.25, 0.3) is 0 Å². The number of carbonyl (C=O) groups excluding carboxylic acids is 1. The lowest BCUT2D eigenvalue weighted by molar-refractivity contribution is -0.144. The number of carboxylic acid groups (broad SMARTS) is 1. The second-order valence-electron chi connectivity index (χ2n) is 5.81. The van der Waals surface area contributed by atoms with Crippen LogP contribution < -0.4 is 10.6 Å². The lowest BCUT2D eigenvalue weighted by Gasteiger charge is -2.39. The van der Waals surface area contributed by atoms with Crippen molar-refractivity contribution in [3.63, 3.8) is 0 Å². The van der Waals surface area contributed by atoms with E-state index in [1.165, 1.54) is 0 Å². The molecule has 6 nitrogen and oxygen atoms in total. The molecule has 2 aliphatic rings. The second-order valence-corrected chi connectivity index (χ2v) is 5.81. The highest BCUT2D eigenvalue weighted by atomic mass is 16.5. The molecule has 108 valence electrons. The van der Waals surface area contributed by atoms with Crippen LogP contribution in [0.3, 0.4) is 0 Å². The molecule has 2 rings (SSSR count). The fourth-order valence-corrected chi connectivity index (χ4v) is 2.63. The maximum absolute atomic E-state index is 11.8. The van der Waals surface area contributed by atoms with E-state index in [1.807, 2.05) is 6.92 Å². The van der Waals surface area contributed by atoms with Gasteiger partial charge in [0.2, 0.25) is 5.91 Å². The predicted molar refractivity (Wildman–Crippen MR) is 68.8 cm³/mol. The van der Waals surface area contributed by atoms with Crippen molar-refractivity contribution >= 4 is 11.9 Å². The van der Waals surface area contributed by atoms with Gasteiger partial charge in [0, 0.05) is 19.1 Å². The largest absolute Gasteiger partial charge is 0.481 e. The van der Waals surface area contributed by atoms with Crippen LogP contribution >= 0.6 is 0 Å². The van der Waals surface area contributed by atoms with Crippen LogP contribution in [0.2, 0.25) is 0 Å². The van der Waals surface area contributed by atoms with Crippen molar-refractivity contribution in [3.05, 3.63) is 0 Å². The van der Waals surface area contributed by atoms with Gasteiger partial charge in [-0.05, 0) is 26.2 Å². The predicted octanol–water partition coefficient (Wildman–Crippen LogP) is 0.124. The Morgan fingerprint density at radius 2 is 2.16 bits per heavy atom. The standard InChI is InChI=1S/C13H22N2O4/c1-13(7-14-8-13)19-6-11(16)15-10-4-2-3-9(5-10)12(17)18/h9-10,14H,2-8H2,1H3,(H,15,16)(H,17,18). The number of ether oxygens (including phenoxy) is 1. The Morgan fingerprint density at radius 3 is 2.74 bits per heavy atom. The number of carbonyl (C=O) groups is 2. The molecule has 0 aromatic heterocycles. The highest BCUT2D eigenvalue weighted by molar-refractivity contribution is 5.77. The number of amides is 1. The van der Waals surface area contributed by atoms with Gasteiger partial charge in [0.05, 0.1) is 11.5 Å². The zero-order valence-electron chi connectivity index (χ0n) is 11.3. The van der Waals surface area contributed by atoms with Crippen molar-refractivity contribution < 1.29 is 19.4 Å². The van der Waals surface area contributed by atoms with E-state index in [-0.39, 0.29) is 30.1 Å². The maximum Gasteiger partial charge on any atom is 0.306 e. The maximum atomic E-state index is 11.8. The Kier molecular flexibility index (Phi) is 4.42. The van der Waals surface area contributed by atoms with Crippen LogP contribution in [0.5, 0.6) is 0 Å². The summed E-state index contributed by atoms with van der Waals surface area (Å²) in [5.74, 6) is -1.24. The topological polar surface area (TPSA) is 87.7 Å². The minimum Gasteiger partial charge on any atom is -0.481 e. The van der Waals surface area contributed by atoms with E-state index in [0.29, 0.717) is 12.8 Å². The van der Waals surface area contributed by atoms with E-state index < -0.39 is 5.97 Å². The molecule has 3 N–H and O–H groups in total. The fraction of sp³-hybridized carbons (Fsp3) is 0.846. The Bertz CT molecular complexity index is 355. The molecule has 1 saturated carbocycles. The fourth-order valence-electron chi connectivity index (χ4n) is 2.63. The monoisotopic (exact) mass is 270 g/mol. The summed E-state index contributed by atoms with van der Waals surface area (Å²) in [6, 6.07) is -0.0294. The van der Waals surface area contributed by atoms with Crippen molar-refractivity contribution in [3.8, 4) is 0 Å². The zero-order valence-corrected chi connectivity index (χ0v) is 11.3. The average Bonchev–Trinajstić information content (AvgIpc) is 2.34. The average molecular weight is 270 g/mol. The minimum atomic E-state index is -0.761. The molecule has 2 fully saturated rings. The number of hydrogen-bond donors (Lipinski definition) is 3. The molecular formula is C13H22N2O4. The van der Waals surface area contributed by atoms with Gasteiger partial charge in [0.15, 0.2) is 0 Å². The number of nitrogens with one attached hydrogen (secondary N) is 2. The van der Waals surface area contributed by atoms with E-state index in [0.717, 1.165) is 25.9 Å². The molecule has 0 radical (unpaired) electrons. The van der Waals surface area contributed by atoms with E-state index in [1.54, 1.807) is 0 Å². The SMILES string of the molecule is CC1(OCC(=O)NC2CCCC(C(=O)O)C2)CNC1. The first kappa shape index (κ1) is 14.3. The van der Waals surface area contributed by atoms with Crippen molar-refractivity contribution in [2.45, 2.75) is 44.2 Å². The van der Waals surface area contributed by atoms with Gasteiger partial charge in [-0.3, -0.25) is 9.59 Å². The van der Waals surface area contributed by atoms with Gasteiger partial charge in [0.1, 0.15) is 6.61 Å². The first-order valence-electron chi connectivity index (χ1n) is 6.85. The van der Waals surface area contributed by atoms with Gasteiger partial charge < -0.3 is 20.5 Å². The minimum absolute atomic E-state index is 0.0294. The molecule has 1 aliphatic heterocycles. The van der Waals surface area contributed by atoms with Crippen LogP contribution in [0.1, 0.15) is 32.6 Å². The molecule has 1 aliphatic carbocycles. The number of carboxylic acids is 1. The molecule has 0 aromatic carbocycles. The van der Waals surface area contributed by atoms with Crippen LogP contribution in [0.25, 0.3) is 0 Å². The van der Waals surface area contributed by atoms with Crippen molar-refractivity contribution in [2.24, 2.45) is 5.92 Å². The van der Waals surface area contributed by atoms with E-state index in [9.17, 15) is 9.59 Å². The van der Waals surface area contributed by atoms with Gasteiger partial charge >= 0.3 is 5.97 Å². The Labute approximate surface area is 112 Å². The smallest absolute Gasteiger partial charge is 0.306 e. The van der Waals surface area contributed by atoms with E-state index in [4.69, 9.17) is 9.84 Å². The number of rotatable bonds is 5. The Hall–Kier alpha value is -1.14. The molecular weight excluding hydrogens is 248 g/mol. The summed E-state index contributed by atoms with van der Waals surface area (Å²) in [4.78, 5) is 22.7. The normalized spacial score (nSPS) is 29.3. The van der Waals surface area contributed by atoms with Crippen molar-refractivity contribution in [2.75, 3.05) is 19.7 Å². The number of hydrogen-bond acceptors (Lipinski definition) is 4. The van der Waals surface area contributed by atoms with Crippen LogP contribution in [-0.4, -0.2) is 48.3 Å². The van der Waals surface area contributed by atoms with Crippen molar-refractivity contribution in [1.29, 1.82) is 0 Å². The quantitative estimate of drug-likeness (QED) is 0.660. The third kappa shape index (κ3) is 3.91. The van der Waals surface area contributed by atoms with Crippen LogP contribution in [-0.2, 0) is 14.3 Å². The summed E-state index contributed by atoms with van der Waals surface area (Å²) >= 11 is 0. The van der Waals surface area contributed by atoms with Crippen LogP contribution in [0.15, 0.2) is 0 Å². The molecule has 0 spiro atoms. The summed E-state index contributed by atoms with van der Waals surface area (Å²) in [6.07, 6.45) is 2.95. The first-order chi connectivity index (χ1) is 8.98. The molecule has 1 amide bonds. The molecule has 1 saturated heterocycles. The zero-order chi connectivity index (χ0) is 13.9. The molecule has 0 aromatic rings. The van der Waals surface area contributed by atoms with E-state index in [2.05, 4.69) is 10.6 Å². The molecule has 19 heavy (non-hydrogen) atoms. The molecule has 1 heterocycles. The molecule has 2 unspecified atom stereocenters. The lowest BCUT2D eigenvalue weighted by atomic mass is 9.86. The second kappa shape index (κ2) is 5.88. The summed E-state index contributed by atoms with van der Waals surface area (Å²) < 4.78 is 5.55. The van der Waals surface area contributed by atoms with Crippen LogP contribution in [0, 0.1) is 5.92 Å². The van der Waals surface area contributed by atoms with Crippen molar-refractivity contribution in [1.82, 2.24) is 10.6 Å². The summed E-state index contributed by atoms with van der Waals surface area (Å²) in [6.45, 7) is 3.56.